The zero-order chi connectivity index (χ0) is 11.2. The first kappa shape index (κ1) is 11.3. The molecule has 0 saturated carbocycles. The van der Waals surface area contributed by atoms with E-state index in [9.17, 15) is 0 Å². The molecule has 0 aliphatic heterocycles. The van der Waals surface area contributed by atoms with E-state index in [-0.39, 0.29) is 0 Å². The van der Waals surface area contributed by atoms with E-state index in [1.807, 2.05) is 6.07 Å². The molecule has 5 heteroatoms. The molecule has 16 heavy (non-hydrogen) atoms. The summed E-state index contributed by atoms with van der Waals surface area (Å²) in [6.07, 6.45) is 5.45. The van der Waals surface area contributed by atoms with Crippen molar-refractivity contribution in [3.63, 3.8) is 0 Å². The first-order valence-electron chi connectivity index (χ1n) is 5.46. The predicted octanol–water partition coefficient (Wildman–Crippen LogP) is 2.34. The molecule has 2 aromatic heterocycles. The van der Waals surface area contributed by atoms with Gasteiger partial charge in [0.1, 0.15) is 11.3 Å². The molecular formula is C11H15N3OS. The molecule has 0 aliphatic rings. The van der Waals surface area contributed by atoms with Crippen LogP contribution in [-0.4, -0.2) is 23.3 Å². The van der Waals surface area contributed by atoms with Crippen LogP contribution in [0.2, 0.25) is 0 Å². The molecule has 2 heterocycles. The summed E-state index contributed by atoms with van der Waals surface area (Å²) in [5, 5.41) is 13.6. The van der Waals surface area contributed by atoms with Gasteiger partial charge in [0.2, 0.25) is 0 Å². The molecule has 0 amide bonds. The van der Waals surface area contributed by atoms with Gasteiger partial charge in [0, 0.05) is 6.42 Å². The zero-order valence-corrected chi connectivity index (χ0v) is 10.1. The Balaban J connectivity index is 1.88. The lowest BCUT2D eigenvalue weighted by molar-refractivity contribution is 0.568. The van der Waals surface area contributed by atoms with Gasteiger partial charge in [-0.2, -0.15) is 0 Å². The summed E-state index contributed by atoms with van der Waals surface area (Å²) in [4.78, 5) is 0. The van der Waals surface area contributed by atoms with Crippen LogP contribution in [0, 0.1) is 0 Å². The van der Waals surface area contributed by atoms with Crippen molar-refractivity contribution < 1.29 is 4.42 Å². The molecule has 0 spiro atoms. The summed E-state index contributed by atoms with van der Waals surface area (Å²) in [5.74, 6) is 0. The summed E-state index contributed by atoms with van der Waals surface area (Å²) >= 11 is 1.64. The van der Waals surface area contributed by atoms with Crippen LogP contribution in [0.4, 0.5) is 0 Å². The van der Waals surface area contributed by atoms with E-state index in [0.717, 1.165) is 41.5 Å². The van der Waals surface area contributed by atoms with E-state index < -0.39 is 0 Å². The Morgan fingerprint density at radius 3 is 3.12 bits per heavy atom. The van der Waals surface area contributed by atoms with Gasteiger partial charge >= 0.3 is 0 Å². The first-order chi connectivity index (χ1) is 7.90. The van der Waals surface area contributed by atoms with Gasteiger partial charge in [-0.05, 0) is 25.6 Å². The van der Waals surface area contributed by atoms with Gasteiger partial charge in [-0.15, -0.1) is 10.2 Å². The van der Waals surface area contributed by atoms with E-state index in [1.54, 1.807) is 23.9 Å². The third-order valence-electron chi connectivity index (χ3n) is 2.23. The van der Waals surface area contributed by atoms with Crippen molar-refractivity contribution in [2.75, 3.05) is 13.1 Å². The highest BCUT2D eigenvalue weighted by Gasteiger charge is 2.06. The molecule has 0 unspecified atom stereocenters. The normalized spacial score (nSPS) is 10.8. The van der Waals surface area contributed by atoms with Crippen LogP contribution in [0.5, 0.6) is 0 Å². The highest BCUT2D eigenvalue weighted by molar-refractivity contribution is 7.14. The molecule has 0 aromatic carbocycles. The molecule has 4 nitrogen and oxygen atoms in total. The number of nitrogens with one attached hydrogen (secondary N) is 1. The van der Waals surface area contributed by atoms with Crippen molar-refractivity contribution in [1.29, 1.82) is 0 Å². The molecule has 0 saturated heterocycles. The van der Waals surface area contributed by atoms with Crippen LogP contribution in [0.25, 0.3) is 10.6 Å². The molecule has 86 valence electrons. The summed E-state index contributed by atoms with van der Waals surface area (Å²) in [6.45, 7) is 4.18. The Hall–Kier alpha value is -1.20. The molecule has 0 aliphatic carbocycles. The van der Waals surface area contributed by atoms with Crippen LogP contribution >= 0.6 is 11.3 Å². The van der Waals surface area contributed by atoms with Gasteiger partial charge in [0.25, 0.3) is 0 Å². The molecule has 2 aromatic rings. The maximum atomic E-state index is 5.02. The van der Waals surface area contributed by atoms with E-state index in [1.165, 1.54) is 0 Å². The quantitative estimate of drug-likeness (QED) is 0.783. The lowest BCUT2D eigenvalue weighted by Crippen LogP contribution is -2.14. The van der Waals surface area contributed by atoms with Crippen molar-refractivity contribution in [1.82, 2.24) is 15.5 Å². The second-order valence-corrected chi connectivity index (χ2v) is 4.53. The highest BCUT2D eigenvalue weighted by Crippen LogP contribution is 2.24. The largest absolute Gasteiger partial charge is 0.472 e. The minimum absolute atomic E-state index is 0.937. The number of rotatable bonds is 6. The maximum Gasteiger partial charge on any atom is 0.151 e. The predicted molar refractivity (Wildman–Crippen MR) is 64.5 cm³/mol. The van der Waals surface area contributed by atoms with Gasteiger partial charge in [0.15, 0.2) is 5.01 Å². The maximum absolute atomic E-state index is 5.02. The topological polar surface area (TPSA) is 51.0 Å². The van der Waals surface area contributed by atoms with E-state index in [2.05, 4.69) is 22.4 Å². The molecule has 0 radical (unpaired) electrons. The smallest absolute Gasteiger partial charge is 0.151 e. The summed E-state index contributed by atoms with van der Waals surface area (Å²) < 4.78 is 5.02. The lowest BCUT2D eigenvalue weighted by atomic mass is 10.3. The average molecular weight is 237 g/mol. The minimum Gasteiger partial charge on any atom is -0.472 e. The number of hydrogen-bond acceptors (Lipinski definition) is 5. The molecular weight excluding hydrogens is 222 g/mol. The Labute approximate surface area is 98.7 Å². The summed E-state index contributed by atoms with van der Waals surface area (Å²) in [7, 11) is 0. The number of hydrogen-bond donors (Lipinski definition) is 1. The second kappa shape index (κ2) is 5.77. The molecule has 0 fully saturated rings. The number of aryl methyl sites for hydroxylation is 1. The first-order valence-corrected chi connectivity index (χ1v) is 6.27. The van der Waals surface area contributed by atoms with Gasteiger partial charge in [-0.25, -0.2) is 0 Å². The van der Waals surface area contributed by atoms with E-state index in [4.69, 9.17) is 4.42 Å². The number of furan rings is 1. The summed E-state index contributed by atoms with van der Waals surface area (Å²) in [6, 6.07) is 1.91. The molecule has 0 bridgehead atoms. The van der Waals surface area contributed by atoms with Crippen LogP contribution < -0.4 is 5.32 Å². The highest BCUT2D eigenvalue weighted by atomic mass is 32.1. The molecule has 0 atom stereocenters. The third kappa shape index (κ3) is 2.90. The fourth-order valence-electron chi connectivity index (χ4n) is 1.40. The van der Waals surface area contributed by atoms with Gasteiger partial charge < -0.3 is 9.73 Å². The average Bonchev–Trinajstić information content (AvgIpc) is 2.94. The van der Waals surface area contributed by atoms with Gasteiger partial charge in [-0.1, -0.05) is 18.3 Å². The number of nitrogens with zero attached hydrogens (tertiary/aromatic N) is 2. The Bertz CT molecular complexity index is 411. The second-order valence-electron chi connectivity index (χ2n) is 3.47. The van der Waals surface area contributed by atoms with Crippen molar-refractivity contribution >= 4 is 11.3 Å². The third-order valence-corrected chi connectivity index (χ3v) is 3.26. The SMILES string of the molecule is CCNCCCc1nnc(-c2ccoc2)s1. The van der Waals surface area contributed by atoms with Crippen LogP contribution in [0.1, 0.15) is 18.4 Å². The monoisotopic (exact) mass is 237 g/mol. The van der Waals surface area contributed by atoms with Crippen molar-refractivity contribution in [3.8, 4) is 10.6 Å². The molecule has 1 N–H and O–H groups in total. The standard InChI is InChI=1S/C11H15N3OS/c1-2-12-6-3-4-10-13-14-11(16-10)9-5-7-15-8-9/h5,7-8,12H,2-4,6H2,1H3. The van der Waals surface area contributed by atoms with Gasteiger partial charge in [0.05, 0.1) is 11.8 Å². The van der Waals surface area contributed by atoms with Crippen molar-refractivity contribution in [3.05, 3.63) is 23.6 Å². The Morgan fingerprint density at radius 2 is 2.38 bits per heavy atom. The number of aromatic nitrogens is 2. The summed E-state index contributed by atoms with van der Waals surface area (Å²) in [5.41, 5.74) is 1.01. The van der Waals surface area contributed by atoms with Crippen LogP contribution in [-0.2, 0) is 6.42 Å². The van der Waals surface area contributed by atoms with Crippen molar-refractivity contribution in [2.45, 2.75) is 19.8 Å². The Morgan fingerprint density at radius 1 is 1.44 bits per heavy atom. The fourth-order valence-corrected chi connectivity index (χ4v) is 2.27. The van der Waals surface area contributed by atoms with Crippen LogP contribution in [0.3, 0.4) is 0 Å². The zero-order valence-electron chi connectivity index (χ0n) is 9.27. The van der Waals surface area contributed by atoms with E-state index in [0.29, 0.717) is 0 Å². The van der Waals surface area contributed by atoms with E-state index >= 15 is 0 Å². The Kier molecular flexibility index (Phi) is 4.07. The lowest BCUT2D eigenvalue weighted by Gasteiger charge is -1.97. The van der Waals surface area contributed by atoms with Gasteiger partial charge in [-0.3, -0.25) is 0 Å². The van der Waals surface area contributed by atoms with Crippen LogP contribution in [0.15, 0.2) is 23.0 Å². The fraction of sp³-hybridized carbons (Fsp3) is 0.455. The van der Waals surface area contributed by atoms with Crippen molar-refractivity contribution in [2.24, 2.45) is 0 Å². The minimum atomic E-state index is 0.937. The molecule has 2 rings (SSSR count).